The number of esters is 3. The number of rotatable bonds is 13. The molecule has 0 saturated carbocycles. The molecule has 1 fully saturated rings. The number of ether oxygens (including phenoxy) is 5. The van der Waals surface area contributed by atoms with Crippen molar-refractivity contribution in [1.29, 1.82) is 0 Å². The number of Topliss-reactive ketones (excluding diaryl/α,β-unsaturated/α-hetero) is 1. The SMILES string of the molecule is CC(=O)C(C)OC(=O)C(C)OC(=O)/C=C/C(=O)O[C@@H](CNC(C)(C)C)COc1nsnc1N1CCOCC1. The van der Waals surface area contributed by atoms with E-state index in [1.807, 2.05) is 25.7 Å². The molecule has 0 aliphatic carbocycles. The zero-order valence-corrected chi connectivity index (χ0v) is 23.4. The lowest BCUT2D eigenvalue weighted by Crippen LogP contribution is -2.44. The van der Waals surface area contributed by atoms with Gasteiger partial charge >= 0.3 is 17.9 Å². The lowest BCUT2D eigenvalue weighted by Gasteiger charge is -2.27. The van der Waals surface area contributed by atoms with Crippen molar-refractivity contribution in [1.82, 2.24) is 14.1 Å². The zero-order valence-electron chi connectivity index (χ0n) is 22.6. The standard InChI is InChI=1S/C24H36N4O9S/c1-15(29)16(2)36-23(32)17(3)35-19(30)7-8-20(31)37-18(13-25-24(4,5)6)14-34-22-21(26-38-27-22)28-9-11-33-12-10-28/h7-8,16-18,25H,9-14H2,1-6H3/b8-7+/t16?,17?,18-/m0/s1. The number of hydrogen-bond acceptors (Lipinski definition) is 14. The lowest BCUT2D eigenvalue weighted by molar-refractivity contribution is -0.168. The Morgan fingerprint density at radius 2 is 1.66 bits per heavy atom. The van der Waals surface area contributed by atoms with Gasteiger partial charge in [-0.15, -0.1) is 4.37 Å². The number of morpholine rings is 1. The van der Waals surface area contributed by atoms with E-state index < -0.39 is 36.2 Å². The second kappa shape index (κ2) is 14.7. The number of nitrogens with one attached hydrogen (secondary N) is 1. The fraction of sp³-hybridized carbons (Fsp3) is 0.667. The van der Waals surface area contributed by atoms with Gasteiger partial charge < -0.3 is 33.9 Å². The van der Waals surface area contributed by atoms with E-state index in [-0.39, 0.29) is 24.5 Å². The van der Waals surface area contributed by atoms with Gasteiger partial charge in [0.05, 0.1) is 24.9 Å². The number of aromatic nitrogens is 2. The van der Waals surface area contributed by atoms with Crippen LogP contribution in [0.4, 0.5) is 5.82 Å². The number of anilines is 1. The summed E-state index contributed by atoms with van der Waals surface area (Å²) < 4.78 is 35.1. The molecule has 1 aliphatic heterocycles. The van der Waals surface area contributed by atoms with Crippen LogP contribution in [0.25, 0.3) is 0 Å². The molecule has 212 valence electrons. The van der Waals surface area contributed by atoms with E-state index in [2.05, 4.69) is 14.1 Å². The van der Waals surface area contributed by atoms with Crippen molar-refractivity contribution < 1.29 is 42.9 Å². The van der Waals surface area contributed by atoms with E-state index in [9.17, 15) is 19.2 Å². The van der Waals surface area contributed by atoms with Crippen LogP contribution in [0.3, 0.4) is 0 Å². The molecular formula is C24H36N4O9S. The highest BCUT2D eigenvalue weighted by atomic mass is 32.1. The van der Waals surface area contributed by atoms with Gasteiger partial charge in [0.2, 0.25) is 5.82 Å². The first-order valence-corrected chi connectivity index (χ1v) is 12.9. The van der Waals surface area contributed by atoms with Crippen LogP contribution in [0.5, 0.6) is 5.88 Å². The third kappa shape index (κ3) is 11.1. The minimum atomic E-state index is -1.27. The molecule has 0 spiro atoms. The summed E-state index contributed by atoms with van der Waals surface area (Å²) in [6, 6.07) is 0. The van der Waals surface area contributed by atoms with E-state index in [0.29, 0.717) is 38.0 Å². The third-order valence-corrected chi connectivity index (χ3v) is 5.65. The molecule has 2 unspecified atom stereocenters. The molecule has 38 heavy (non-hydrogen) atoms. The highest BCUT2D eigenvalue weighted by molar-refractivity contribution is 6.99. The molecule has 1 aromatic heterocycles. The molecule has 2 rings (SSSR count). The third-order valence-electron chi connectivity index (χ3n) is 5.15. The van der Waals surface area contributed by atoms with E-state index in [0.717, 1.165) is 23.9 Å². The average molecular weight is 557 g/mol. The Balaban J connectivity index is 1.93. The van der Waals surface area contributed by atoms with Crippen molar-refractivity contribution in [2.75, 3.05) is 44.4 Å². The fourth-order valence-corrected chi connectivity index (χ4v) is 3.44. The van der Waals surface area contributed by atoms with E-state index in [1.54, 1.807) is 0 Å². The molecule has 0 bridgehead atoms. The van der Waals surface area contributed by atoms with E-state index in [4.69, 9.17) is 23.7 Å². The number of nitrogens with zero attached hydrogens (tertiary/aromatic N) is 3. The molecule has 0 amide bonds. The molecule has 1 aromatic rings. The van der Waals surface area contributed by atoms with Crippen LogP contribution < -0.4 is 15.0 Å². The summed E-state index contributed by atoms with van der Waals surface area (Å²) in [5, 5.41) is 3.25. The Kier molecular flexibility index (Phi) is 12.1. The topological polar surface area (TPSA) is 155 Å². The second-order valence-corrected chi connectivity index (χ2v) is 10.1. The molecule has 1 N–H and O–H groups in total. The van der Waals surface area contributed by atoms with Gasteiger partial charge in [0, 0.05) is 37.3 Å². The minimum Gasteiger partial charge on any atom is -0.470 e. The number of ketones is 1. The van der Waals surface area contributed by atoms with Gasteiger partial charge in [0.1, 0.15) is 12.7 Å². The summed E-state index contributed by atoms with van der Waals surface area (Å²) in [5.74, 6) is -2.03. The monoisotopic (exact) mass is 556 g/mol. The van der Waals surface area contributed by atoms with Gasteiger partial charge in [-0.2, -0.15) is 4.37 Å². The molecule has 2 heterocycles. The van der Waals surface area contributed by atoms with Crippen molar-refractivity contribution in [2.45, 2.75) is 65.4 Å². The predicted octanol–water partition coefficient (Wildman–Crippen LogP) is 1.06. The Morgan fingerprint density at radius 3 is 2.26 bits per heavy atom. The Labute approximate surface area is 226 Å². The highest BCUT2D eigenvalue weighted by Gasteiger charge is 2.24. The highest BCUT2D eigenvalue weighted by Crippen LogP contribution is 2.26. The smallest absolute Gasteiger partial charge is 0.347 e. The van der Waals surface area contributed by atoms with Gasteiger partial charge in [0.25, 0.3) is 5.88 Å². The van der Waals surface area contributed by atoms with E-state index >= 15 is 0 Å². The molecule has 1 aliphatic rings. The lowest BCUT2D eigenvalue weighted by atomic mass is 10.1. The van der Waals surface area contributed by atoms with Gasteiger partial charge in [-0.25, -0.2) is 14.4 Å². The number of carbonyl (C=O) groups excluding carboxylic acids is 4. The summed E-state index contributed by atoms with van der Waals surface area (Å²) in [6.45, 7) is 12.6. The second-order valence-electron chi connectivity index (χ2n) is 9.60. The van der Waals surface area contributed by atoms with Crippen LogP contribution in [0.2, 0.25) is 0 Å². The first-order chi connectivity index (χ1) is 17.9. The maximum Gasteiger partial charge on any atom is 0.347 e. The van der Waals surface area contributed by atoms with Gasteiger partial charge in [-0.1, -0.05) is 0 Å². The quantitative estimate of drug-likeness (QED) is 0.209. The molecule has 1 saturated heterocycles. The Hall–Kier alpha value is -3.10. The Bertz CT molecular complexity index is 986. The minimum absolute atomic E-state index is 0.00688. The Morgan fingerprint density at radius 1 is 1.03 bits per heavy atom. The summed E-state index contributed by atoms with van der Waals surface area (Å²) in [5.41, 5.74) is -0.254. The number of hydrogen-bond donors (Lipinski definition) is 1. The van der Waals surface area contributed by atoms with Crippen LogP contribution in [0, 0.1) is 0 Å². The first-order valence-electron chi connectivity index (χ1n) is 12.2. The predicted molar refractivity (Wildman–Crippen MR) is 137 cm³/mol. The summed E-state index contributed by atoms with van der Waals surface area (Å²) in [4.78, 5) is 49.6. The molecule has 3 atom stereocenters. The maximum absolute atomic E-state index is 12.4. The number of carbonyl (C=O) groups is 4. The van der Waals surface area contributed by atoms with Crippen LogP contribution in [-0.4, -0.2) is 95.7 Å². The molecule has 0 radical (unpaired) electrons. The fourth-order valence-electron chi connectivity index (χ4n) is 2.92. The van der Waals surface area contributed by atoms with Crippen LogP contribution >= 0.6 is 11.7 Å². The summed E-state index contributed by atoms with van der Waals surface area (Å²) in [6.07, 6.45) is -1.21. The largest absolute Gasteiger partial charge is 0.470 e. The normalized spacial score (nSPS) is 16.4. The van der Waals surface area contributed by atoms with E-state index in [1.165, 1.54) is 20.8 Å². The van der Waals surface area contributed by atoms with Crippen molar-refractivity contribution in [3.05, 3.63) is 12.2 Å². The van der Waals surface area contributed by atoms with Crippen molar-refractivity contribution in [3.63, 3.8) is 0 Å². The van der Waals surface area contributed by atoms with Gasteiger partial charge in [-0.3, -0.25) is 4.79 Å². The summed E-state index contributed by atoms with van der Waals surface area (Å²) in [7, 11) is 0. The first kappa shape index (κ1) is 31.1. The molecule has 0 aromatic carbocycles. The van der Waals surface area contributed by atoms with Crippen molar-refractivity contribution in [3.8, 4) is 5.88 Å². The van der Waals surface area contributed by atoms with Gasteiger partial charge in [0.15, 0.2) is 18.0 Å². The van der Waals surface area contributed by atoms with Crippen LogP contribution in [-0.2, 0) is 38.1 Å². The molecule has 14 heteroatoms. The molecular weight excluding hydrogens is 520 g/mol. The van der Waals surface area contributed by atoms with Crippen LogP contribution in [0.15, 0.2) is 12.2 Å². The van der Waals surface area contributed by atoms with Crippen LogP contribution in [0.1, 0.15) is 41.5 Å². The zero-order chi connectivity index (χ0) is 28.3. The molecule has 13 nitrogen and oxygen atoms in total. The van der Waals surface area contributed by atoms with Crippen molar-refractivity contribution in [2.24, 2.45) is 0 Å². The maximum atomic E-state index is 12.4. The van der Waals surface area contributed by atoms with Gasteiger partial charge in [-0.05, 0) is 41.5 Å². The summed E-state index contributed by atoms with van der Waals surface area (Å²) >= 11 is 1.02. The van der Waals surface area contributed by atoms with Crippen molar-refractivity contribution >= 4 is 41.2 Å². The average Bonchev–Trinajstić information content (AvgIpc) is 3.33.